The maximum atomic E-state index is 12.9. The highest BCUT2D eigenvalue weighted by Gasteiger charge is 2.19. The molecule has 0 aliphatic rings. The number of carbonyl (C=O) groups excluding carboxylic acids is 3. The molecule has 0 heterocycles. The highest BCUT2D eigenvalue weighted by Crippen LogP contribution is 2.16. The predicted octanol–water partition coefficient (Wildman–Crippen LogP) is 21.6. The normalized spacial score (nSPS) is 12.4. The molecule has 1 atom stereocenters. The van der Waals surface area contributed by atoms with Gasteiger partial charge in [0.1, 0.15) is 13.2 Å². The Kier molecular flexibility index (Phi) is 59.2. The van der Waals surface area contributed by atoms with Gasteiger partial charge in [0.25, 0.3) is 0 Å². The summed E-state index contributed by atoms with van der Waals surface area (Å²) in [4.78, 5) is 38.3. The molecular weight excluding hydrogens is 901 g/mol. The van der Waals surface area contributed by atoms with Crippen LogP contribution in [0.5, 0.6) is 0 Å². The fourth-order valence-corrected chi connectivity index (χ4v) is 9.15. The van der Waals surface area contributed by atoms with Crippen molar-refractivity contribution in [3.8, 4) is 0 Å². The van der Waals surface area contributed by atoms with E-state index in [2.05, 4.69) is 81.5 Å². The van der Waals surface area contributed by atoms with Crippen molar-refractivity contribution in [1.82, 2.24) is 0 Å². The van der Waals surface area contributed by atoms with Crippen LogP contribution in [0.15, 0.2) is 60.8 Å². The Morgan fingerprint density at radius 2 is 0.493 bits per heavy atom. The van der Waals surface area contributed by atoms with E-state index < -0.39 is 6.10 Å². The maximum absolute atomic E-state index is 12.9. The average molecular weight is 1020 g/mol. The predicted molar refractivity (Wildman–Crippen MR) is 316 cm³/mol. The molecule has 0 rings (SSSR count). The largest absolute Gasteiger partial charge is 0.462 e. The Morgan fingerprint density at radius 3 is 0.795 bits per heavy atom. The second kappa shape index (κ2) is 61.7. The molecule has 0 amide bonds. The van der Waals surface area contributed by atoms with Gasteiger partial charge in [-0.15, -0.1) is 0 Å². The minimum absolute atomic E-state index is 0.0792. The number of esters is 3. The van der Waals surface area contributed by atoms with Crippen LogP contribution in [0.2, 0.25) is 0 Å². The summed E-state index contributed by atoms with van der Waals surface area (Å²) in [6.07, 6.45) is 77.8. The summed E-state index contributed by atoms with van der Waals surface area (Å²) in [7, 11) is 0. The van der Waals surface area contributed by atoms with E-state index in [1.807, 2.05) is 0 Å². The first-order valence-electron chi connectivity index (χ1n) is 31.8. The molecule has 0 aromatic rings. The van der Waals surface area contributed by atoms with Crippen LogP contribution in [-0.4, -0.2) is 37.2 Å². The molecule has 0 aromatic heterocycles. The van der Waals surface area contributed by atoms with E-state index in [4.69, 9.17) is 14.2 Å². The monoisotopic (exact) mass is 1020 g/mol. The van der Waals surface area contributed by atoms with Crippen molar-refractivity contribution in [3.63, 3.8) is 0 Å². The quantitative estimate of drug-likeness (QED) is 0.0261. The summed E-state index contributed by atoms with van der Waals surface area (Å²) in [6, 6.07) is 0. The summed E-state index contributed by atoms with van der Waals surface area (Å²) in [5.74, 6) is -0.880. The first-order valence-corrected chi connectivity index (χ1v) is 31.8. The number of hydrogen-bond acceptors (Lipinski definition) is 6. The Balaban J connectivity index is 4.36. The Hall–Kier alpha value is -2.89. The van der Waals surface area contributed by atoms with Crippen LogP contribution < -0.4 is 0 Å². The van der Waals surface area contributed by atoms with E-state index in [-0.39, 0.29) is 31.1 Å². The van der Waals surface area contributed by atoms with Crippen LogP contribution in [0.4, 0.5) is 0 Å². The third-order valence-corrected chi connectivity index (χ3v) is 14.0. The fraction of sp³-hybridized carbons (Fsp3) is 0.806. The van der Waals surface area contributed by atoms with Gasteiger partial charge in [-0.2, -0.15) is 0 Å². The Morgan fingerprint density at radius 1 is 0.274 bits per heavy atom. The number of rotatable bonds is 58. The maximum Gasteiger partial charge on any atom is 0.306 e. The van der Waals surface area contributed by atoms with Gasteiger partial charge in [-0.3, -0.25) is 14.4 Å². The molecule has 0 bridgehead atoms. The van der Waals surface area contributed by atoms with Crippen LogP contribution in [-0.2, 0) is 28.6 Å². The van der Waals surface area contributed by atoms with Gasteiger partial charge in [-0.25, -0.2) is 0 Å². The molecule has 0 aliphatic carbocycles. The van der Waals surface area contributed by atoms with Gasteiger partial charge < -0.3 is 14.2 Å². The number of hydrogen-bond donors (Lipinski definition) is 0. The number of unbranched alkanes of at least 4 members (excludes halogenated alkanes) is 37. The molecular formula is C67H120O6. The minimum Gasteiger partial charge on any atom is -0.462 e. The summed E-state index contributed by atoms with van der Waals surface area (Å²) in [5, 5.41) is 0. The zero-order valence-electron chi connectivity index (χ0n) is 48.7. The van der Waals surface area contributed by atoms with Crippen LogP contribution >= 0.6 is 0 Å². The Labute approximate surface area is 453 Å². The molecule has 0 aliphatic heterocycles. The summed E-state index contributed by atoms with van der Waals surface area (Å²) in [6.45, 7) is 6.63. The molecule has 0 spiro atoms. The fourth-order valence-electron chi connectivity index (χ4n) is 9.15. The zero-order valence-corrected chi connectivity index (χ0v) is 48.7. The molecule has 0 N–H and O–H groups in total. The minimum atomic E-state index is -0.782. The smallest absolute Gasteiger partial charge is 0.306 e. The van der Waals surface area contributed by atoms with Crippen molar-refractivity contribution in [3.05, 3.63) is 60.8 Å². The molecule has 0 aromatic carbocycles. The molecule has 6 nitrogen and oxygen atoms in total. The lowest BCUT2D eigenvalue weighted by atomic mass is 10.1. The third kappa shape index (κ3) is 59.9. The second-order valence-corrected chi connectivity index (χ2v) is 21.3. The summed E-state index contributed by atoms with van der Waals surface area (Å²) in [5.41, 5.74) is 0. The van der Waals surface area contributed by atoms with E-state index in [1.165, 1.54) is 212 Å². The number of ether oxygens (including phenoxy) is 3. The topological polar surface area (TPSA) is 78.9 Å². The lowest BCUT2D eigenvalue weighted by Crippen LogP contribution is -2.30. The van der Waals surface area contributed by atoms with E-state index in [0.29, 0.717) is 19.3 Å². The van der Waals surface area contributed by atoms with Crippen molar-refractivity contribution >= 4 is 17.9 Å². The van der Waals surface area contributed by atoms with Crippen LogP contribution in [0.3, 0.4) is 0 Å². The standard InChI is InChI=1S/C67H120O6/c1-4-7-10-13-16-19-22-25-28-30-32-33-35-36-39-42-45-48-51-54-57-60-66(69)72-63-64(62-71-65(68)59-56-53-50-47-44-41-38-27-24-21-18-15-12-9-6-3)73-67(70)61-58-55-52-49-46-43-40-37-34-31-29-26-23-20-17-14-11-8-5-2/h17,20,22,25-27,29-30,32,38,64H,4-16,18-19,21,23-24,28,31,33-37,39-63H2,1-3H3/b20-17-,25-22-,29-26-,32-30-,38-27-. The molecule has 0 saturated heterocycles. The molecule has 73 heavy (non-hydrogen) atoms. The van der Waals surface area contributed by atoms with E-state index in [0.717, 1.165) is 77.0 Å². The molecule has 424 valence electrons. The molecule has 0 radical (unpaired) electrons. The summed E-state index contributed by atoms with van der Waals surface area (Å²) < 4.78 is 16.9. The Bertz CT molecular complexity index is 1310. The molecule has 0 fully saturated rings. The van der Waals surface area contributed by atoms with Gasteiger partial charge in [0.2, 0.25) is 0 Å². The van der Waals surface area contributed by atoms with E-state index in [9.17, 15) is 14.4 Å². The first kappa shape index (κ1) is 70.1. The molecule has 1 unspecified atom stereocenters. The summed E-state index contributed by atoms with van der Waals surface area (Å²) >= 11 is 0. The van der Waals surface area contributed by atoms with Gasteiger partial charge in [-0.05, 0) is 109 Å². The van der Waals surface area contributed by atoms with Gasteiger partial charge in [-0.1, -0.05) is 261 Å². The third-order valence-electron chi connectivity index (χ3n) is 14.0. The van der Waals surface area contributed by atoms with Crippen molar-refractivity contribution in [2.45, 2.75) is 335 Å². The first-order chi connectivity index (χ1) is 36.0. The average Bonchev–Trinajstić information content (AvgIpc) is 3.39. The number of carbonyl (C=O) groups is 3. The van der Waals surface area contributed by atoms with Gasteiger partial charge in [0, 0.05) is 19.3 Å². The van der Waals surface area contributed by atoms with E-state index in [1.54, 1.807) is 0 Å². The molecule has 6 heteroatoms. The van der Waals surface area contributed by atoms with Crippen LogP contribution in [0.25, 0.3) is 0 Å². The molecule has 0 saturated carbocycles. The van der Waals surface area contributed by atoms with Crippen LogP contribution in [0, 0.1) is 0 Å². The van der Waals surface area contributed by atoms with Crippen molar-refractivity contribution in [2.24, 2.45) is 0 Å². The number of allylic oxidation sites excluding steroid dienone is 10. The second-order valence-electron chi connectivity index (χ2n) is 21.3. The zero-order chi connectivity index (χ0) is 52.9. The SMILES string of the molecule is CCCCC/C=C\C/C=C\CCCCCCCCCCCC(=O)OC(COC(=O)CCCCCCC/C=C\CCCCCCCC)COC(=O)CCCCCCCCCCC/C=C\C/C=C\CCCCCCC. The van der Waals surface area contributed by atoms with Crippen molar-refractivity contribution < 1.29 is 28.6 Å². The highest BCUT2D eigenvalue weighted by atomic mass is 16.6. The van der Waals surface area contributed by atoms with E-state index >= 15 is 0 Å². The van der Waals surface area contributed by atoms with Crippen molar-refractivity contribution in [2.75, 3.05) is 13.2 Å². The van der Waals surface area contributed by atoms with Gasteiger partial charge in [0.05, 0.1) is 0 Å². The van der Waals surface area contributed by atoms with Gasteiger partial charge in [0.15, 0.2) is 6.10 Å². The highest BCUT2D eigenvalue weighted by molar-refractivity contribution is 5.71. The van der Waals surface area contributed by atoms with Crippen molar-refractivity contribution in [1.29, 1.82) is 0 Å². The van der Waals surface area contributed by atoms with Crippen LogP contribution in [0.1, 0.15) is 329 Å². The lowest BCUT2D eigenvalue weighted by Gasteiger charge is -2.18. The lowest BCUT2D eigenvalue weighted by molar-refractivity contribution is -0.167. The van der Waals surface area contributed by atoms with Gasteiger partial charge >= 0.3 is 17.9 Å².